The number of nitrogens with one attached hydrogen (secondary N) is 14. The zero-order valence-corrected chi connectivity index (χ0v) is 66.0. The number of H-pyrrole nitrogens is 1. The van der Waals surface area contributed by atoms with E-state index in [-0.39, 0.29) is 87.3 Å². The maximum atomic E-state index is 15.4. The Morgan fingerprint density at radius 1 is 0.422 bits per heavy atom. The number of nitrogens with two attached hydrogens (primary N) is 4. The van der Waals surface area contributed by atoms with Gasteiger partial charge in [0.05, 0.1) is 37.8 Å². The number of phenolic OH excluding ortho intramolecular Hbond substituents is 1. The fraction of sp³-hybridized carbons (Fsp3) is 0.461. The molecular weight excluding hydrogens is 1550 g/mol. The van der Waals surface area contributed by atoms with Crippen molar-refractivity contribution < 1.29 is 97.5 Å². The highest BCUT2D eigenvalue weighted by Crippen LogP contribution is 2.21. The lowest BCUT2D eigenvalue weighted by Crippen LogP contribution is -2.63. The van der Waals surface area contributed by atoms with Gasteiger partial charge in [0.25, 0.3) is 0 Å². The van der Waals surface area contributed by atoms with Crippen molar-refractivity contribution in [2.24, 2.45) is 22.9 Å². The smallest absolute Gasteiger partial charge is 0.327 e. The zero-order valence-electron chi connectivity index (χ0n) is 64.2. The number of carbonyl (C=O) groups is 15. The third kappa shape index (κ3) is 31.5. The Morgan fingerprint density at radius 3 is 1.23 bits per heavy atom. The molecule has 0 saturated carbocycles. The highest BCUT2D eigenvalue weighted by molar-refractivity contribution is 7.80. The first-order valence-corrected chi connectivity index (χ1v) is 38.6. The van der Waals surface area contributed by atoms with Crippen LogP contribution in [-0.2, 0) is 97.6 Å². The fourth-order valence-corrected chi connectivity index (χ4v) is 12.3. The largest absolute Gasteiger partial charge is 0.508 e. The maximum absolute atomic E-state index is 15.4. The number of aliphatic carboxylic acids is 1. The molecule has 0 saturated heterocycles. The van der Waals surface area contributed by atoms with Crippen LogP contribution in [0.15, 0.2) is 115 Å². The first-order chi connectivity index (χ1) is 55.2. The number of phenols is 1. The molecule has 38 nitrogen and oxygen atoms in total. The average Bonchev–Trinajstić information content (AvgIpc) is 1.59. The van der Waals surface area contributed by atoms with Crippen LogP contribution < -0.4 is 92.1 Å². The molecule has 1 heterocycles. The number of aromatic amines is 1. The Morgan fingerprint density at radius 2 is 0.793 bits per heavy atom. The lowest BCUT2D eigenvalue weighted by Gasteiger charge is -2.29. The molecule has 5 aromatic rings. The third-order valence-electron chi connectivity index (χ3n) is 18.2. The number of benzene rings is 4. The zero-order chi connectivity index (χ0) is 85.7. The molecule has 0 aliphatic rings. The number of aromatic nitrogens is 1. The van der Waals surface area contributed by atoms with E-state index in [0.717, 1.165) is 13.8 Å². The standard InChI is InChI=1S/C76H106N18O20S2/c1-40(79)64(101)82-36-61(100)83-58(38-115)73(110)85-50(22-12-14-28-77)65(102)89-56(34-60(80)99)70(107)87-52(30-43-16-6-4-7-17-43)67(104)86-53(31-44-18-8-5-9-19-44)68(105)88-55(33-46-35-81-49-21-11-10-20-48(46)49)69(106)84-51(23-13-15-29-78)66(103)93-62(41(2)96)74(111)90-54(32-45-24-26-47(98)27-25-45)71(108)94-63(42(3)97)75(112)91-57(37-95)72(109)92-59(39-116)76(113)114/h4-11,16-21,24-27,35,40-42,50-59,62-63,81,95-98,115-116H,12-15,22-23,28-34,36-39,77-79H2,1-3H3,(H2,80,99)(H,82,101)(H,83,100)(H,84,106)(H,85,110)(H,86,104)(H,87,107)(H,88,105)(H,89,102)(H,90,111)(H,91,112)(H,92,109)(H,93,103)(H,94,108)(H,113,114)/t40-,41+,42+,50-,51-,52-,53-,54-,55+,56-,57-,58-,59-,62-,63-/m0/s1. The summed E-state index contributed by atoms with van der Waals surface area (Å²) in [6, 6.07) is 7.70. The monoisotopic (exact) mass is 1650 g/mol. The minimum atomic E-state index is -1.95. The van der Waals surface area contributed by atoms with Crippen LogP contribution in [0.2, 0.25) is 0 Å². The first kappa shape index (κ1) is 95.3. The Hall–Kier alpha value is -11.3. The number of carboxylic acids is 1. The van der Waals surface area contributed by atoms with Gasteiger partial charge < -0.3 is 123 Å². The molecular formula is C76H106N18O20S2. The van der Waals surface area contributed by atoms with Gasteiger partial charge in [-0.3, -0.25) is 67.1 Å². The van der Waals surface area contributed by atoms with Crippen LogP contribution in [-0.4, -0.2) is 248 Å². The average molecular weight is 1660 g/mol. The van der Waals surface area contributed by atoms with Gasteiger partial charge in [-0.05, 0) is 113 Å². The number of rotatable bonds is 50. The molecule has 0 aliphatic carbocycles. The van der Waals surface area contributed by atoms with E-state index in [0.29, 0.717) is 34.0 Å². The minimum Gasteiger partial charge on any atom is -0.508 e. The predicted molar refractivity (Wildman–Crippen MR) is 429 cm³/mol. The van der Waals surface area contributed by atoms with Crippen molar-refractivity contribution >= 4 is 125 Å². The van der Waals surface area contributed by atoms with Gasteiger partial charge in [0, 0.05) is 54.3 Å². The number of aliphatic hydroxyl groups is 3. The van der Waals surface area contributed by atoms with Crippen LogP contribution in [0.1, 0.15) is 88.0 Å². The number of thiol groups is 2. The van der Waals surface area contributed by atoms with Gasteiger partial charge in [0.1, 0.15) is 78.3 Å². The Bertz CT molecular complexity index is 4150. The molecule has 40 heteroatoms. The molecule has 5 rings (SSSR count). The molecule has 0 fully saturated rings. The number of fused-ring (bicyclic) bond motifs is 1. The number of unbranched alkanes of at least 4 members (excludes halogenated alkanes) is 2. The van der Waals surface area contributed by atoms with E-state index in [2.05, 4.69) is 99.4 Å². The minimum absolute atomic E-state index is 0.0821. The summed E-state index contributed by atoms with van der Waals surface area (Å²) in [5.74, 6) is -16.8. The van der Waals surface area contributed by atoms with E-state index in [4.69, 9.17) is 22.9 Å². The second kappa shape index (κ2) is 48.8. The van der Waals surface area contributed by atoms with Crippen LogP contribution in [0.4, 0.5) is 0 Å². The molecule has 0 aliphatic heterocycles. The summed E-state index contributed by atoms with van der Waals surface area (Å²) < 4.78 is 0. The highest BCUT2D eigenvalue weighted by Gasteiger charge is 2.39. The van der Waals surface area contributed by atoms with Gasteiger partial charge in [-0.15, -0.1) is 0 Å². The summed E-state index contributed by atoms with van der Waals surface area (Å²) in [6.07, 6.45) is -3.29. The van der Waals surface area contributed by atoms with Crippen LogP contribution in [0.5, 0.6) is 5.75 Å². The molecule has 27 N–H and O–H groups in total. The summed E-state index contributed by atoms with van der Waals surface area (Å²) in [6.45, 7) is 2.24. The quantitative estimate of drug-likeness (QED) is 0.0127. The first-order valence-electron chi connectivity index (χ1n) is 37.4. The summed E-state index contributed by atoms with van der Waals surface area (Å²) in [4.78, 5) is 211. The number of carbonyl (C=O) groups excluding carboxylic acids is 14. The fourth-order valence-electron chi connectivity index (χ4n) is 11.8. The lowest BCUT2D eigenvalue weighted by molar-refractivity contribution is -0.142. The van der Waals surface area contributed by atoms with Gasteiger partial charge in [-0.1, -0.05) is 91.0 Å². The van der Waals surface area contributed by atoms with Crippen LogP contribution in [0.3, 0.4) is 0 Å². The van der Waals surface area contributed by atoms with E-state index in [9.17, 15) is 83.1 Å². The summed E-state index contributed by atoms with van der Waals surface area (Å²) in [5.41, 5.74) is 25.2. The van der Waals surface area contributed by atoms with E-state index < -0.39 is 205 Å². The van der Waals surface area contributed by atoms with Crippen molar-refractivity contribution in [2.75, 3.05) is 37.7 Å². The van der Waals surface area contributed by atoms with Crippen molar-refractivity contribution in [1.82, 2.24) is 74.1 Å². The van der Waals surface area contributed by atoms with Crippen LogP contribution in [0.25, 0.3) is 10.9 Å². The van der Waals surface area contributed by atoms with Gasteiger partial charge in [0.15, 0.2) is 0 Å². The lowest BCUT2D eigenvalue weighted by atomic mass is 10.00. The molecule has 4 aromatic carbocycles. The molecule has 0 spiro atoms. The number of para-hydroxylation sites is 1. The van der Waals surface area contributed by atoms with E-state index >= 15 is 14.4 Å². The van der Waals surface area contributed by atoms with Crippen molar-refractivity contribution in [1.29, 1.82) is 0 Å². The third-order valence-corrected chi connectivity index (χ3v) is 18.9. The summed E-state index contributed by atoms with van der Waals surface area (Å²) in [7, 11) is 0. The number of hydrogen-bond donors (Lipinski definition) is 25. The molecule has 1 aromatic heterocycles. The summed E-state index contributed by atoms with van der Waals surface area (Å²) in [5, 5.41) is 84.2. The number of aromatic hydroxyl groups is 1. The molecule has 0 unspecified atom stereocenters. The Kier molecular flexibility index (Phi) is 40.1. The van der Waals surface area contributed by atoms with Gasteiger partial charge in [-0.25, -0.2) is 4.79 Å². The second-order valence-electron chi connectivity index (χ2n) is 27.6. The number of carboxylic acid groups (broad SMARTS) is 1. The Balaban J connectivity index is 1.48. The normalized spacial score (nSPS) is 15.0. The van der Waals surface area contributed by atoms with Crippen molar-refractivity contribution in [3.05, 3.63) is 138 Å². The molecule has 14 amide bonds. The molecule has 0 radical (unpaired) electrons. The van der Waals surface area contributed by atoms with Crippen molar-refractivity contribution in [3.8, 4) is 5.75 Å². The van der Waals surface area contributed by atoms with E-state index in [1.807, 2.05) is 0 Å². The molecule has 0 bridgehead atoms. The van der Waals surface area contributed by atoms with Crippen LogP contribution >= 0.6 is 25.3 Å². The van der Waals surface area contributed by atoms with Crippen molar-refractivity contribution in [2.45, 2.75) is 182 Å². The van der Waals surface area contributed by atoms with Gasteiger partial charge in [-0.2, -0.15) is 25.3 Å². The van der Waals surface area contributed by atoms with Gasteiger partial charge >= 0.3 is 5.97 Å². The number of primary amides is 1. The maximum Gasteiger partial charge on any atom is 0.327 e. The summed E-state index contributed by atoms with van der Waals surface area (Å²) >= 11 is 8.08. The molecule has 632 valence electrons. The van der Waals surface area contributed by atoms with Crippen molar-refractivity contribution in [3.63, 3.8) is 0 Å². The second-order valence-corrected chi connectivity index (χ2v) is 28.3. The molecule has 15 atom stereocenters. The predicted octanol–water partition coefficient (Wildman–Crippen LogP) is -5.74. The topological polar surface area (TPSA) is 633 Å². The molecule has 116 heavy (non-hydrogen) atoms. The Labute approximate surface area is 679 Å². The number of amides is 14. The highest BCUT2D eigenvalue weighted by atomic mass is 32.1. The van der Waals surface area contributed by atoms with E-state index in [1.54, 1.807) is 91.1 Å². The number of aliphatic hydroxyl groups excluding tert-OH is 3. The number of hydrogen-bond acceptors (Lipinski definition) is 24. The van der Waals surface area contributed by atoms with E-state index in [1.165, 1.54) is 31.2 Å². The van der Waals surface area contributed by atoms with Gasteiger partial charge in [0.2, 0.25) is 82.7 Å². The SMILES string of the molecule is C[C@H](N)C(=O)NCC(=O)N[C@@H](CS)C(=O)N[C@@H](CCCCN)C(=O)N[C@@H](CC(N)=O)C(=O)N[C@@H](Cc1ccccc1)C(=O)N[C@@H](Cc1ccccc1)C(=O)N[C@H](Cc1c[nH]c2ccccc12)C(=O)N[C@@H](CCCCN)C(=O)N[C@H](C(=O)N[C@@H](Cc1ccc(O)cc1)C(=O)N[C@H](C(=O)N[C@@H](CO)C(=O)N[C@@H](CS)C(=O)O)[C@@H](C)O)[C@@H](C)O. The van der Waals surface area contributed by atoms with Crippen LogP contribution in [0, 0.1) is 0 Å².